The summed E-state index contributed by atoms with van der Waals surface area (Å²) in [5.41, 5.74) is 3.17. The molecule has 0 saturated heterocycles. The lowest BCUT2D eigenvalue weighted by molar-refractivity contribution is 0.839. The summed E-state index contributed by atoms with van der Waals surface area (Å²) in [6.07, 6.45) is 6.85. The maximum absolute atomic E-state index is 3.63. The van der Waals surface area contributed by atoms with Crippen molar-refractivity contribution in [3.8, 4) is 0 Å². The van der Waals surface area contributed by atoms with Crippen LogP contribution in [0.1, 0.15) is 6.42 Å². The fourth-order valence-corrected chi connectivity index (χ4v) is 0.736. The van der Waals surface area contributed by atoms with Crippen LogP contribution in [-0.4, -0.2) is 11.2 Å². The molecule has 0 spiro atoms. The number of rotatable bonds is 4. The molecule has 0 aliphatic heterocycles. The van der Waals surface area contributed by atoms with E-state index in [9.17, 15) is 0 Å². The topological polar surface area (TPSA) is 17.0 Å². The predicted molar refractivity (Wildman–Crippen MR) is 43.5 cm³/mol. The van der Waals surface area contributed by atoms with E-state index in [1.165, 1.54) is 0 Å². The van der Waals surface area contributed by atoms with Crippen LogP contribution >= 0.6 is 0 Å². The molecule has 0 amide bonds. The van der Waals surface area contributed by atoms with Crippen LogP contribution in [0.3, 0.4) is 0 Å². The van der Waals surface area contributed by atoms with Gasteiger partial charge in [0.05, 0.1) is 0 Å². The highest BCUT2D eigenvalue weighted by Crippen LogP contribution is 1.85. The van der Waals surface area contributed by atoms with Crippen molar-refractivity contribution in [2.75, 3.05) is 12.0 Å². The standard InChI is InChI=1S/C8H12N2/c1-2-3-6-9-10-7-4-5-8-10/h2,4-5,7-9H,1,3,6H2. The first-order chi connectivity index (χ1) is 4.93. The van der Waals surface area contributed by atoms with Crippen molar-refractivity contribution < 1.29 is 0 Å². The normalized spacial score (nSPS) is 9.20. The molecule has 0 fully saturated rings. The molecule has 1 aromatic rings. The van der Waals surface area contributed by atoms with Crippen molar-refractivity contribution in [2.24, 2.45) is 0 Å². The minimum absolute atomic E-state index is 0.943. The van der Waals surface area contributed by atoms with E-state index >= 15 is 0 Å². The van der Waals surface area contributed by atoms with Crippen molar-refractivity contribution in [3.05, 3.63) is 37.2 Å². The molecule has 2 heteroatoms. The second-order valence-electron chi connectivity index (χ2n) is 2.08. The first-order valence-corrected chi connectivity index (χ1v) is 3.41. The monoisotopic (exact) mass is 136 g/mol. The zero-order chi connectivity index (χ0) is 7.23. The van der Waals surface area contributed by atoms with Gasteiger partial charge < -0.3 is 5.43 Å². The minimum Gasteiger partial charge on any atom is -0.326 e. The maximum atomic E-state index is 3.63. The van der Waals surface area contributed by atoms with Gasteiger partial charge in [-0.2, -0.15) is 0 Å². The summed E-state index contributed by atoms with van der Waals surface area (Å²) >= 11 is 0. The van der Waals surface area contributed by atoms with Crippen molar-refractivity contribution in [3.63, 3.8) is 0 Å². The Labute approximate surface area is 61.1 Å². The molecule has 0 atom stereocenters. The van der Waals surface area contributed by atoms with Crippen LogP contribution in [0.15, 0.2) is 37.2 Å². The van der Waals surface area contributed by atoms with E-state index in [1.807, 2.05) is 35.3 Å². The molecule has 1 N–H and O–H groups in total. The smallest absolute Gasteiger partial charge is 0.0348 e. The van der Waals surface area contributed by atoms with Gasteiger partial charge in [0.2, 0.25) is 0 Å². The fraction of sp³-hybridized carbons (Fsp3) is 0.250. The van der Waals surface area contributed by atoms with Gasteiger partial charge in [0.1, 0.15) is 0 Å². The SMILES string of the molecule is C=CCCNn1cccc1. The molecule has 0 unspecified atom stereocenters. The molecule has 2 nitrogen and oxygen atoms in total. The lowest BCUT2D eigenvalue weighted by Gasteiger charge is -2.03. The molecule has 0 radical (unpaired) electrons. The molecule has 1 aromatic heterocycles. The van der Waals surface area contributed by atoms with E-state index in [-0.39, 0.29) is 0 Å². The maximum Gasteiger partial charge on any atom is 0.0348 e. The van der Waals surface area contributed by atoms with Crippen LogP contribution in [0.4, 0.5) is 0 Å². The highest BCUT2D eigenvalue weighted by molar-refractivity contribution is 4.93. The van der Waals surface area contributed by atoms with Crippen LogP contribution in [0, 0.1) is 0 Å². The molecule has 0 aliphatic carbocycles. The second-order valence-corrected chi connectivity index (χ2v) is 2.08. The number of aromatic nitrogens is 1. The van der Waals surface area contributed by atoms with Gasteiger partial charge in [-0.1, -0.05) is 6.08 Å². The summed E-state index contributed by atoms with van der Waals surface area (Å²) < 4.78 is 1.93. The molecule has 0 aliphatic rings. The minimum atomic E-state index is 0.943. The first kappa shape index (κ1) is 6.93. The highest BCUT2D eigenvalue weighted by atomic mass is 15.4. The Kier molecular flexibility index (Phi) is 2.62. The van der Waals surface area contributed by atoms with Crippen LogP contribution in [0.25, 0.3) is 0 Å². The largest absolute Gasteiger partial charge is 0.326 e. The number of nitrogens with zero attached hydrogens (tertiary/aromatic N) is 1. The molecule has 10 heavy (non-hydrogen) atoms. The average molecular weight is 136 g/mol. The third-order valence-electron chi connectivity index (χ3n) is 1.25. The quantitative estimate of drug-likeness (QED) is 0.491. The van der Waals surface area contributed by atoms with Gasteiger partial charge in [-0.05, 0) is 18.6 Å². The Morgan fingerprint density at radius 2 is 2.10 bits per heavy atom. The van der Waals surface area contributed by atoms with Gasteiger partial charge in [0, 0.05) is 18.9 Å². The van der Waals surface area contributed by atoms with Gasteiger partial charge in [-0.25, -0.2) is 0 Å². The van der Waals surface area contributed by atoms with E-state index in [4.69, 9.17) is 0 Å². The van der Waals surface area contributed by atoms with Gasteiger partial charge >= 0.3 is 0 Å². The highest BCUT2D eigenvalue weighted by Gasteiger charge is 1.82. The first-order valence-electron chi connectivity index (χ1n) is 3.41. The van der Waals surface area contributed by atoms with Crippen molar-refractivity contribution >= 4 is 0 Å². The average Bonchev–Trinajstić information content (AvgIpc) is 2.41. The Morgan fingerprint density at radius 3 is 2.70 bits per heavy atom. The summed E-state index contributed by atoms with van der Waals surface area (Å²) in [5, 5.41) is 0. The number of hydrogen-bond acceptors (Lipinski definition) is 1. The summed E-state index contributed by atoms with van der Waals surface area (Å²) in [6, 6.07) is 3.97. The van der Waals surface area contributed by atoms with Gasteiger partial charge in [-0.15, -0.1) is 6.58 Å². The molecular formula is C8H12N2. The molecular weight excluding hydrogens is 124 g/mol. The fourth-order valence-electron chi connectivity index (χ4n) is 0.736. The number of nitrogens with one attached hydrogen (secondary N) is 1. The molecule has 0 bridgehead atoms. The molecule has 54 valence electrons. The van der Waals surface area contributed by atoms with Crippen LogP contribution in [0.5, 0.6) is 0 Å². The zero-order valence-corrected chi connectivity index (χ0v) is 5.96. The second kappa shape index (κ2) is 3.77. The number of hydrogen-bond donors (Lipinski definition) is 1. The third kappa shape index (κ3) is 1.97. The van der Waals surface area contributed by atoms with Crippen LogP contribution in [0.2, 0.25) is 0 Å². The molecule has 1 heterocycles. The lowest BCUT2D eigenvalue weighted by Crippen LogP contribution is -2.12. The van der Waals surface area contributed by atoms with Crippen molar-refractivity contribution in [1.82, 2.24) is 4.68 Å². The Balaban J connectivity index is 2.21. The Bertz CT molecular complexity index is 177. The van der Waals surface area contributed by atoms with E-state index in [0.717, 1.165) is 13.0 Å². The van der Waals surface area contributed by atoms with Crippen LogP contribution < -0.4 is 5.43 Å². The lowest BCUT2D eigenvalue weighted by atomic mass is 10.4. The summed E-state index contributed by atoms with van der Waals surface area (Å²) in [5.74, 6) is 0. The Morgan fingerprint density at radius 1 is 1.40 bits per heavy atom. The van der Waals surface area contributed by atoms with Gasteiger partial charge in [0.15, 0.2) is 0 Å². The Hall–Kier alpha value is -1.18. The molecule has 0 aromatic carbocycles. The van der Waals surface area contributed by atoms with Gasteiger partial charge in [-0.3, -0.25) is 4.68 Å². The van der Waals surface area contributed by atoms with E-state index in [1.54, 1.807) is 0 Å². The summed E-state index contributed by atoms with van der Waals surface area (Å²) in [7, 11) is 0. The predicted octanol–water partition coefficient (Wildman–Crippen LogP) is 1.61. The van der Waals surface area contributed by atoms with E-state index in [2.05, 4.69) is 12.0 Å². The molecule has 0 saturated carbocycles. The van der Waals surface area contributed by atoms with Crippen molar-refractivity contribution in [1.29, 1.82) is 0 Å². The van der Waals surface area contributed by atoms with E-state index < -0.39 is 0 Å². The third-order valence-corrected chi connectivity index (χ3v) is 1.25. The summed E-state index contributed by atoms with van der Waals surface area (Å²) in [6.45, 7) is 4.57. The van der Waals surface area contributed by atoms with Crippen molar-refractivity contribution in [2.45, 2.75) is 6.42 Å². The molecule has 1 rings (SSSR count). The van der Waals surface area contributed by atoms with Gasteiger partial charge in [0.25, 0.3) is 0 Å². The van der Waals surface area contributed by atoms with E-state index in [0.29, 0.717) is 0 Å². The zero-order valence-electron chi connectivity index (χ0n) is 5.96. The summed E-state index contributed by atoms with van der Waals surface area (Å²) in [4.78, 5) is 0. The van der Waals surface area contributed by atoms with Crippen LogP contribution in [-0.2, 0) is 0 Å².